The highest BCUT2D eigenvalue weighted by Crippen LogP contribution is 2.50. The molecule has 3 heterocycles. The zero-order chi connectivity index (χ0) is 44.0. The van der Waals surface area contributed by atoms with Crippen molar-refractivity contribution in [2.45, 2.75) is 50.4 Å². The second kappa shape index (κ2) is 16.5. The third-order valence-corrected chi connectivity index (χ3v) is 13.7. The summed E-state index contributed by atoms with van der Waals surface area (Å²) in [7, 11) is 0. The van der Waals surface area contributed by atoms with Gasteiger partial charge in [-0.05, 0) is 106 Å². The Kier molecular flexibility index (Phi) is 10.2. The Morgan fingerprint density at radius 2 is 1.08 bits per heavy atom. The van der Waals surface area contributed by atoms with Crippen LogP contribution in [-0.4, -0.2) is 9.97 Å². The van der Waals surface area contributed by atoms with Crippen LogP contribution in [-0.2, 0) is 10.8 Å². The first-order valence-corrected chi connectivity index (χ1v) is 22.8. The predicted octanol–water partition coefficient (Wildman–Crippen LogP) is 16.1. The van der Waals surface area contributed by atoms with Crippen molar-refractivity contribution in [3.8, 4) is 67.4 Å². The molecule has 2 aliphatic carbocycles. The maximum absolute atomic E-state index is 6.72. The Hall–Kier alpha value is -7.62. The molecular weight excluding hydrogens is 789 g/mol. The van der Waals surface area contributed by atoms with Gasteiger partial charge in [0.1, 0.15) is 11.5 Å². The van der Waals surface area contributed by atoms with Crippen molar-refractivity contribution in [3.05, 3.63) is 247 Å². The van der Waals surface area contributed by atoms with E-state index in [2.05, 4.69) is 239 Å². The zero-order valence-electron chi connectivity index (χ0n) is 37.1. The van der Waals surface area contributed by atoms with Gasteiger partial charge in [0.2, 0.25) is 0 Å². The Labute approximate surface area is 382 Å². The minimum atomic E-state index is -0.308. The highest BCUT2D eigenvalue weighted by molar-refractivity contribution is 5.79. The van der Waals surface area contributed by atoms with Crippen LogP contribution in [0.15, 0.2) is 218 Å². The molecule has 6 aromatic carbocycles. The van der Waals surface area contributed by atoms with Crippen LogP contribution >= 0.6 is 0 Å². The molecule has 0 saturated carbocycles. The number of hydrogen-bond acceptors (Lipinski definition) is 3. The van der Waals surface area contributed by atoms with Gasteiger partial charge in [-0.3, -0.25) is 4.98 Å². The second-order valence-corrected chi connectivity index (χ2v) is 18.4. The van der Waals surface area contributed by atoms with Crippen molar-refractivity contribution in [3.63, 3.8) is 0 Å². The first kappa shape index (κ1) is 40.2. The van der Waals surface area contributed by atoms with Crippen molar-refractivity contribution in [2.75, 3.05) is 0 Å². The van der Waals surface area contributed by atoms with Gasteiger partial charge in [-0.2, -0.15) is 0 Å². The molecule has 8 aromatic rings. The van der Waals surface area contributed by atoms with E-state index >= 15 is 0 Å². The van der Waals surface area contributed by atoms with Crippen molar-refractivity contribution in [2.24, 2.45) is 0 Å². The van der Waals surface area contributed by atoms with Gasteiger partial charge >= 0.3 is 0 Å². The number of hydrogen-bond donors (Lipinski definition) is 0. The van der Waals surface area contributed by atoms with E-state index in [1.54, 1.807) is 0 Å². The fourth-order valence-corrected chi connectivity index (χ4v) is 9.80. The summed E-state index contributed by atoms with van der Waals surface area (Å²) in [6.45, 7) is 6.95. The molecule has 314 valence electrons. The van der Waals surface area contributed by atoms with Gasteiger partial charge in [0, 0.05) is 39.0 Å². The van der Waals surface area contributed by atoms with Crippen LogP contribution in [0.3, 0.4) is 0 Å². The van der Waals surface area contributed by atoms with E-state index < -0.39 is 0 Å². The second-order valence-electron chi connectivity index (χ2n) is 18.4. The molecule has 65 heavy (non-hydrogen) atoms. The van der Waals surface area contributed by atoms with Crippen LogP contribution in [0.4, 0.5) is 0 Å². The molecule has 2 unspecified atom stereocenters. The average molecular weight is 839 g/mol. The molecule has 2 atom stereocenters. The normalized spacial score (nSPS) is 18.0. The van der Waals surface area contributed by atoms with Gasteiger partial charge in [0.15, 0.2) is 0 Å². The van der Waals surface area contributed by atoms with E-state index in [4.69, 9.17) is 14.7 Å². The molecule has 2 aromatic heterocycles. The molecular formula is C62H50N2O. The van der Waals surface area contributed by atoms with Crippen LogP contribution < -0.4 is 4.74 Å². The summed E-state index contributed by atoms with van der Waals surface area (Å²) in [6, 6.07) is 63.0. The lowest BCUT2D eigenvalue weighted by Gasteiger charge is -2.35. The number of pyridine rings is 2. The third kappa shape index (κ3) is 7.78. The van der Waals surface area contributed by atoms with Crippen LogP contribution in [0.2, 0.25) is 0 Å². The van der Waals surface area contributed by atoms with E-state index in [9.17, 15) is 0 Å². The smallest absolute Gasteiger partial charge is 0.131 e. The van der Waals surface area contributed by atoms with Gasteiger partial charge in [-0.15, -0.1) is 0 Å². The van der Waals surface area contributed by atoms with Gasteiger partial charge in [0.25, 0.3) is 0 Å². The van der Waals surface area contributed by atoms with E-state index in [0.717, 1.165) is 69.4 Å². The SMILES string of the molecule is CC1(c2cc(-c3ccccc3)cc(-c3cccc(-c4ccc5c(c4)C(C)(C)c4cc(C6C=CC=C(c7cc(-c8ccccc8)cc(-c8ccccc8)n7)C6)ccc4O5)c3)n2)C=CC=CC1. The summed E-state index contributed by atoms with van der Waals surface area (Å²) in [4.78, 5) is 10.6. The van der Waals surface area contributed by atoms with Crippen molar-refractivity contribution in [1.82, 2.24) is 9.97 Å². The summed E-state index contributed by atoms with van der Waals surface area (Å²) in [6.07, 6.45) is 17.3. The highest BCUT2D eigenvalue weighted by Gasteiger charge is 2.35. The Morgan fingerprint density at radius 1 is 0.477 bits per heavy atom. The average Bonchev–Trinajstić information content (AvgIpc) is 3.37. The minimum Gasteiger partial charge on any atom is -0.457 e. The van der Waals surface area contributed by atoms with Crippen molar-refractivity contribution < 1.29 is 4.74 Å². The molecule has 1 aliphatic heterocycles. The Balaban J connectivity index is 0.898. The fourth-order valence-electron chi connectivity index (χ4n) is 9.80. The van der Waals surface area contributed by atoms with Crippen molar-refractivity contribution in [1.29, 1.82) is 0 Å². The quantitative estimate of drug-likeness (QED) is 0.153. The monoisotopic (exact) mass is 838 g/mol. The highest BCUT2D eigenvalue weighted by atomic mass is 16.5. The Bertz CT molecular complexity index is 3150. The summed E-state index contributed by atoms with van der Waals surface area (Å²) in [5.41, 5.74) is 17.6. The summed E-state index contributed by atoms with van der Waals surface area (Å²) >= 11 is 0. The van der Waals surface area contributed by atoms with Gasteiger partial charge in [-0.1, -0.05) is 191 Å². The molecule has 11 rings (SSSR count). The molecule has 3 heteroatoms. The predicted molar refractivity (Wildman–Crippen MR) is 269 cm³/mol. The summed E-state index contributed by atoms with van der Waals surface area (Å²) < 4.78 is 6.72. The lowest BCUT2D eigenvalue weighted by molar-refractivity contribution is 0.417. The zero-order valence-corrected chi connectivity index (χ0v) is 37.1. The number of aromatic nitrogens is 2. The maximum atomic E-state index is 6.72. The van der Waals surface area contributed by atoms with Crippen LogP contribution in [0, 0.1) is 0 Å². The van der Waals surface area contributed by atoms with E-state index in [1.807, 2.05) is 0 Å². The minimum absolute atomic E-state index is 0.184. The van der Waals surface area contributed by atoms with Gasteiger partial charge < -0.3 is 4.74 Å². The van der Waals surface area contributed by atoms with Crippen LogP contribution in [0.25, 0.3) is 61.5 Å². The number of nitrogens with zero attached hydrogens (tertiary/aromatic N) is 2. The first-order chi connectivity index (χ1) is 31.8. The lowest BCUT2D eigenvalue weighted by Crippen LogP contribution is -2.24. The molecule has 0 bridgehead atoms. The van der Waals surface area contributed by atoms with Crippen LogP contribution in [0.1, 0.15) is 67.6 Å². The fraction of sp³-hybridized carbons (Fsp3) is 0.129. The lowest BCUT2D eigenvalue weighted by atomic mass is 9.73. The van der Waals surface area contributed by atoms with E-state index in [1.165, 1.54) is 44.5 Å². The topological polar surface area (TPSA) is 35.0 Å². The molecule has 0 radical (unpaired) electrons. The maximum Gasteiger partial charge on any atom is 0.131 e. The number of allylic oxidation sites excluding steroid dienone is 8. The largest absolute Gasteiger partial charge is 0.457 e. The van der Waals surface area contributed by atoms with Crippen molar-refractivity contribution >= 4 is 5.57 Å². The molecule has 3 aliphatic rings. The van der Waals surface area contributed by atoms with E-state index in [-0.39, 0.29) is 16.7 Å². The third-order valence-electron chi connectivity index (χ3n) is 13.7. The van der Waals surface area contributed by atoms with E-state index in [0.29, 0.717) is 0 Å². The standard InChI is InChI=1S/C62H50N2O/c1-61(2)53-36-47(45-24-16-26-49(34-45)56-39-51(42-18-8-4-9-19-42)38-55(63-56)44-22-12-6-13-23-44)28-30-58(53)65-59-31-29-48(37-54(59)61)46-25-17-27-50(35-46)57-40-52(43-20-10-5-11-21-43)41-60(64-57)62(3)32-14-7-15-33-62/h4-32,35-41,45H,33-34H2,1-3H3. The molecule has 3 nitrogen and oxygen atoms in total. The van der Waals surface area contributed by atoms with Crippen LogP contribution in [0.5, 0.6) is 11.5 Å². The molecule has 0 fully saturated rings. The molecule has 0 N–H and O–H groups in total. The summed E-state index contributed by atoms with van der Waals surface area (Å²) in [5, 5.41) is 0. The number of rotatable bonds is 8. The molecule has 0 saturated heterocycles. The number of benzene rings is 6. The number of ether oxygens (including phenoxy) is 1. The molecule has 0 amide bonds. The van der Waals surface area contributed by atoms with Gasteiger partial charge in [-0.25, -0.2) is 4.98 Å². The van der Waals surface area contributed by atoms with Gasteiger partial charge in [0.05, 0.1) is 22.8 Å². The first-order valence-electron chi connectivity index (χ1n) is 22.8. The Morgan fingerprint density at radius 3 is 1.78 bits per heavy atom. The molecule has 0 spiro atoms. The number of fused-ring (bicyclic) bond motifs is 2. The summed E-state index contributed by atoms with van der Waals surface area (Å²) in [5.74, 6) is 2.01.